The van der Waals surface area contributed by atoms with Crippen molar-refractivity contribution in [2.24, 2.45) is 4.99 Å². The molecular formula is C14H29IN4O3S. The molecule has 136 valence electrons. The number of sulfonamides is 1. The molecule has 1 saturated carbocycles. The fourth-order valence-corrected chi connectivity index (χ4v) is 4.47. The smallest absolute Gasteiger partial charge is 0.214 e. The lowest BCUT2D eigenvalue weighted by molar-refractivity contribution is 0.120. The predicted octanol–water partition coefficient (Wildman–Crippen LogP) is 0.499. The van der Waals surface area contributed by atoms with Crippen LogP contribution in [-0.4, -0.2) is 67.9 Å². The van der Waals surface area contributed by atoms with E-state index in [1.54, 1.807) is 0 Å². The zero-order valence-electron chi connectivity index (χ0n) is 13.7. The number of hydrogen-bond donors (Lipinski definition) is 3. The van der Waals surface area contributed by atoms with Gasteiger partial charge in [-0.3, -0.25) is 4.99 Å². The molecule has 0 atom stereocenters. The monoisotopic (exact) mass is 460 g/mol. The lowest BCUT2D eigenvalue weighted by Crippen LogP contribution is -2.45. The molecule has 0 spiro atoms. The number of nitrogens with zero attached hydrogens (tertiary/aromatic N) is 2. The molecule has 23 heavy (non-hydrogen) atoms. The molecule has 2 aliphatic rings. The van der Waals surface area contributed by atoms with E-state index in [1.807, 2.05) is 6.92 Å². The van der Waals surface area contributed by atoms with Gasteiger partial charge >= 0.3 is 0 Å². The molecular weight excluding hydrogens is 431 g/mol. The van der Waals surface area contributed by atoms with Gasteiger partial charge in [0.2, 0.25) is 10.0 Å². The van der Waals surface area contributed by atoms with Crippen LogP contribution in [0.1, 0.15) is 39.0 Å². The van der Waals surface area contributed by atoms with E-state index >= 15 is 0 Å². The Kier molecular flexibility index (Phi) is 9.09. The van der Waals surface area contributed by atoms with E-state index in [9.17, 15) is 13.5 Å². The largest absolute Gasteiger partial charge is 0.393 e. The Morgan fingerprint density at radius 1 is 1.30 bits per heavy atom. The molecule has 1 aliphatic heterocycles. The minimum absolute atomic E-state index is 0. The molecule has 1 heterocycles. The van der Waals surface area contributed by atoms with E-state index in [0.717, 1.165) is 44.6 Å². The average molecular weight is 460 g/mol. The normalized spacial score (nSPS) is 28.2. The van der Waals surface area contributed by atoms with E-state index < -0.39 is 10.0 Å². The molecule has 2 rings (SSSR count). The SMILES string of the molecule is CCNC(=NCCN1CCCS1(=O)=O)NC1CCC(O)CC1.I. The van der Waals surface area contributed by atoms with Crippen molar-refractivity contribution in [2.45, 2.75) is 51.2 Å². The van der Waals surface area contributed by atoms with Crippen molar-refractivity contribution >= 4 is 40.0 Å². The van der Waals surface area contributed by atoms with Crippen LogP contribution in [0, 0.1) is 0 Å². The Balaban J connectivity index is 0.00000264. The lowest BCUT2D eigenvalue weighted by Gasteiger charge is -2.27. The summed E-state index contributed by atoms with van der Waals surface area (Å²) in [6.07, 6.45) is 4.07. The third-order valence-electron chi connectivity index (χ3n) is 4.20. The van der Waals surface area contributed by atoms with Crippen molar-refractivity contribution in [2.75, 3.05) is 31.9 Å². The number of aliphatic hydroxyl groups excluding tert-OH is 1. The van der Waals surface area contributed by atoms with Crippen molar-refractivity contribution in [3.8, 4) is 0 Å². The quantitative estimate of drug-likeness (QED) is 0.316. The standard InChI is InChI=1S/C14H28N4O3S.HI/c1-2-15-14(17-12-4-6-13(19)7-5-12)16-8-10-18-9-3-11-22(18,20)21;/h12-13,19H,2-11H2,1H3,(H2,15,16,17);1H. The average Bonchev–Trinajstić information content (AvgIpc) is 2.81. The van der Waals surface area contributed by atoms with Gasteiger partial charge in [0.25, 0.3) is 0 Å². The van der Waals surface area contributed by atoms with E-state index in [4.69, 9.17) is 0 Å². The second-order valence-corrected chi connectivity index (χ2v) is 8.07. The van der Waals surface area contributed by atoms with Gasteiger partial charge in [0.05, 0.1) is 18.4 Å². The van der Waals surface area contributed by atoms with Gasteiger partial charge in [-0.2, -0.15) is 0 Å². The first-order valence-electron chi connectivity index (χ1n) is 8.22. The molecule has 1 aliphatic carbocycles. The van der Waals surface area contributed by atoms with Gasteiger partial charge in [-0.05, 0) is 39.0 Å². The summed E-state index contributed by atoms with van der Waals surface area (Å²) in [5.74, 6) is 1.000. The molecule has 0 aromatic heterocycles. The Hall–Kier alpha value is -0.130. The third kappa shape index (κ3) is 6.71. The lowest BCUT2D eigenvalue weighted by atomic mass is 9.93. The zero-order valence-corrected chi connectivity index (χ0v) is 16.8. The summed E-state index contributed by atoms with van der Waals surface area (Å²) in [5, 5.41) is 16.1. The van der Waals surface area contributed by atoms with Crippen LogP contribution in [0.25, 0.3) is 0 Å². The fraction of sp³-hybridized carbons (Fsp3) is 0.929. The second-order valence-electron chi connectivity index (χ2n) is 5.98. The van der Waals surface area contributed by atoms with Crippen molar-refractivity contribution in [1.82, 2.24) is 14.9 Å². The molecule has 0 aromatic carbocycles. The predicted molar refractivity (Wildman–Crippen MR) is 103 cm³/mol. The first-order valence-corrected chi connectivity index (χ1v) is 9.83. The highest BCUT2D eigenvalue weighted by Crippen LogP contribution is 2.18. The van der Waals surface area contributed by atoms with E-state index in [2.05, 4.69) is 15.6 Å². The van der Waals surface area contributed by atoms with Crippen LogP contribution in [0.15, 0.2) is 4.99 Å². The van der Waals surface area contributed by atoms with E-state index in [-0.39, 0.29) is 35.8 Å². The number of aliphatic imine (C=N–C) groups is 1. The molecule has 0 radical (unpaired) electrons. The highest BCUT2D eigenvalue weighted by Gasteiger charge is 2.27. The molecule has 3 N–H and O–H groups in total. The maximum absolute atomic E-state index is 11.7. The van der Waals surface area contributed by atoms with Gasteiger partial charge in [-0.15, -0.1) is 24.0 Å². The first kappa shape index (κ1) is 20.9. The Labute approximate surface area is 156 Å². The molecule has 0 amide bonds. The van der Waals surface area contributed by atoms with Gasteiger partial charge in [-0.25, -0.2) is 12.7 Å². The van der Waals surface area contributed by atoms with E-state index in [1.165, 1.54) is 4.31 Å². The van der Waals surface area contributed by atoms with Crippen molar-refractivity contribution in [3.05, 3.63) is 0 Å². The van der Waals surface area contributed by atoms with Gasteiger partial charge in [0.15, 0.2) is 5.96 Å². The second kappa shape index (κ2) is 10.00. The molecule has 9 heteroatoms. The van der Waals surface area contributed by atoms with Gasteiger partial charge < -0.3 is 15.7 Å². The summed E-state index contributed by atoms with van der Waals surface area (Å²) in [7, 11) is -3.04. The highest BCUT2D eigenvalue weighted by atomic mass is 127. The van der Waals surface area contributed by atoms with Crippen LogP contribution in [0.2, 0.25) is 0 Å². The molecule has 7 nitrogen and oxygen atoms in total. The van der Waals surface area contributed by atoms with E-state index in [0.29, 0.717) is 25.7 Å². The minimum Gasteiger partial charge on any atom is -0.393 e. The number of aliphatic hydroxyl groups is 1. The van der Waals surface area contributed by atoms with Gasteiger partial charge in [0, 0.05) is 25.7 Å². The minimum atomic E-state index is -3.04. The summed E-state index contributed by atoms with van der Waals surface area (Å²) in [5.41, 5.74) is 0. The fourth-order valence-electron chi connectivity index (χ4n) is 2.95. The van der Waals surface area contributed by atoms with Crippen LogP contribution in [0.5, 0.6) is 0 Å². The van der Waals surface area contributed by atoms with Crippen LogP contribution in [0.3, 0.4) is 0 Å². The maximum atomic E-state index is 11.7. The number of guanidine groups is 1. The zero-order chi connectivity index (χ0) is 16.0. The maximum Gasteiger partial charge on any atom is 0.214 e. The molecule has 0 bridgehead atoms. The summed E-state index contributed by atoms with van der Waals surface area (Å²) in [4.78, 5) is 4.48. The summed E-state index contributed by atoms with van der Waals surface area (Å²) in [6, 6.07) is 0.330. The highest BCUT2D eigenvalue weighted by molar-refractivity contribution is 14.0. The number of halogens is 1. The van der Waals surface area contributed by atoms with Crippen molar-refractivity contribution in [1.29, 1.82) is 0 Å². The first-order chi connectivity index (χ1) is 10.5. The topological polar surface area (TPSA) is 94.0 Å². The number of nitrogens with one attached hydrogen (secondary N) is 2. The summed E-state index contributed by atoms with van der Waals surface area (Å²) in [6.45, 7) is 4.30. The number of hydrogen-bond acceptors (Lipinski definition) is 4. The van der Waals surface area contributed by atoms with Crippen molar-refractivity contribution in [3.63, 3.8) is 0 Å². The van der Waals surface area contributed by atoms with Crippen LogP contribution in [-0.2, 0) is 10.0 Å². The number of rotatable bonds is 5. The molecule has 1 saturated heterocycles. The molecule has 0 unspecified atom stereocenters. The third-order valence-corrected chi connectivity index (χ3v) is 6.16. The summed E-state index contributed by atoms with van der Waals surface area (Å²) >= 11 is 0. The Morgan fingerprint density at radius 2 is 2.00 bits per heavy atom. The van der Waals surface area contributed by atoms with Crippen molar-refractivity contribution < 1.29 is 13.5 Å². The van der Waals surface area contributed by atoms with Gasteiger partial charge in [-0.1, -0.05) is 0 Å². The van der Waals surface area contributed by atoms with Crippen LogP contribution >= 0.6 is 24.0 Å². The Morgan fingerprint density at radius 3 is 2.57 bits per heavy atom. The summed E-state index contributed by atoms with van der Waals surface area (Å²) < 4.78 is 25.0. The molecule has 2 fully saturated rings. The van der Waals surface area contributed by atoms with Crippen LogP contribution < -0.4 is 10.6 Å². The van der Waals surface area contributed by atoms with Gasteiger partial charge in [0.1, 0.15) is 0 Å². The Bertz CT molecular complexity index is 478. The molecule has 0 aromatic rings. The van der Waals surface area contributed by atoms with Crippen LogP contribution in [0.4, 0.5) is 0 Å².